The highest BCUT2D eigenvalue weighted by Crippen LogP contribution is 2.22. The van der Waals surface area contributed by atoms with Crippen LogP contribution in [0, 0.1) is 6.92 Å². The van der Waals surface area contributed by atoms with Gasteiger partial charge < -0.3 is 5.32 Å². The van der Waals surface area contributed by atoms with E-state index in [2.05, 4.69) is 31.0 Å². The standard InChI is InChI=1S/C14H14BrN3O2S/c1-9-13(15)4-5-14(17-9)18-21(19,20)12-3-2-10-7-16-8-11(10)6-12/h2-6,16H,7-8H2,1H3,(H,17,18). The molecule has 0 fully saturated rings. The van der Waals surface area contributed by atoms with Gasteiger partial charge in [-0.2, -0.15) is 0 Å². The zero-order chi connectivity index (χ0) is 15.0. The molecule has 1 aliphatic rings. The molecule has 3 rings (SSSR count). The second-order valence-corrected chi connectivity index (χ2v) is 7.44. The molecule has 0 saturated carbocycles. The molecule has 2 heterocycles. The minimum Gasteiger partial charge on any atom is -0.309 e. The van der Waals surface area contributed by atoms with Gasteiger partial charge in [-0.25, -0.2) is 13.4 Å². The highest BCUT2D eigenvalue weighted by molar-refractivity contribution is 9.10. The summed E-state index contributed by atoms with van der Waals surface area (Å²) in [6.07, 6.45) is 0. The fourth-order valence-electron chi connectivity index (χ4n) is 2.24. The first-order chi connectivity index (χ1) is 9.95. The zero-order valence-electron chi connectivity index (χ0n) is 11.4. The lowest BCUT2D eigenvalue weighted by Gasteiger charge is -2.09. The molecule has 0 spiro atoms. The first kappa shape index (κ1) is 14.5. The molecule has 7 heteroatoms. The molecule has 2 N–H and O–H groups in total. The Kier molecular flexibility index (Phi) is 3.73. The van der Waals surface area contributed by atoms with Crippen LogP contribution in [-0.4, -0.2) is 13.4 Å². The second kappa shape index (κ2) is 5.40. The van der Waals surface area contributed by atoms with Crippen LogP contribution in [0.1, 0.15) is 16.8 Å². The van der Waals surface area contributed by atoms with Gasteiger partial charge >= 0.3 is 0 Å². The van der Waals surface area contributed by atoms with Crippen LogP contribution >= 0.6 is 15.9 Å². The van der Waals surface area contributed by atoms with Gasteiger partial charge in [-0.1, -0.05) is 6.07 Å². The molecule has 1 aliphatic heterocycles. The minimum atomic E-state index is -3.62. The normalized spacial score (nSPS) is 14.0. The van der Waals surface area contributed by atoms with E-state index in [4.69, 9.17) is 0 Å². The van der Waals surface area contributed by atoms with Gasteiger partial charge in [-0.3, -0.25) is 4.72 Å². The van der Waals surface area contributed by atoms with E-state index >= 15 is 0 Å². The molecule has 1 aromatic heterocycles. The molecule has 0 atom stereocenters. The molecular formula is C14H14BrN3O2S. The summed E-state index contributed by atoms with van der Waals surface area (Å²) in [6, 6.07) is 8.59. The molecule has 0 unspecified atom stereocenters. The van der Waals surface area contributed by atoms with E-state index in [0.717, 1.165) is 27.8 Å². The largest absolute Gasteiger partial charge is 0.309 e. The Morgan fingerprint density at radius 2 is 1.95 bits per heavy atom. The first-order valence-electron chi connectivity index (χ1n) is 6.44. The number of aryl methyl sites for hydroxylation is 1. The molecule has 0 saturated heterocycles. The van der Waals surface area contributed by atoms with Gasteiger partial charge in [0, 0.05) is 17.6 Å². The van der Waals surface area contributed by atoms with Gasteiger partial charge in [0.1, 0.15) is 5.82 Å². The Morgan fingerprint density at radius 3 is 2.71 bits per heavy atom. The van der Waals surface area contributed by atoms with Gasteiger partial charge in [-0.05, 0) is 58.2 Å². The van der Waals surface area contributed by atoms with Gasteiger partial charge in [-0.15, -0.1) is 0 Å². The van der Waals surface area contributed by atoms with E-state index in [1.54, 1.807) is 24.3 Å². The number of pyridine rings is 1. The Bertz CT molecular complexity index is 806. The van der Waals surface area contributed by atoms with Crippen LogP contribution < -0.4 is 10.0 Å². The van der Waals surface area contributed by atoms with Crippen molar-refractivity contribution in [3.8, 4) is 0 Å². The minimum absolute atomic E-state index is 0.257. The zero-order valence-corrected chi connectivity index (χ0v) is 13.8. The van der Waals surface area contributed by atoms with Crippen LogP contribution in [0.2, 0.25) is 0 Å². The highest BCUT2D eigenvalue weighted by atomic mass is 79.9. The Morgan fingerprint density at radius 1 is 1.19 bits per heavy atom. The average molecular weight is 368 g/mol. The molecule has 0 aliphatic carbocycles. The number of sulfonamides is 1. The molecule has 0 amide bonds. The van der Waals surface area contributed by atoms with Crippen molar-refractivity contribution in [1.29, 1.82) is 0 Å². The van der Waals surface area contributed by atoms with Crippen molar-refractivity contribution >= 4 is 31.8 Å². The Labute approximate surface area is 132 Å². The third-order valence-corrected chi connectivity index (χ3v) is 5.57. The van der Waals surface area contributed by atoms with Crippen molar-refractivity contribution in [2.45, 2.75) is 24.9 Å². The molecule has 5 nitrogen and oxygen atoms in total. The van der Waals surface area contributed by atoms with E-state index in [1.165, 1.54) is 0 Å². The summed E-state index contributed by atoms with van der Waals surface area (Å²) in [6.45, 7) is 3.30. The van der Waals surface area contributed by atoms with E-state index in [-0.39, 0.29) is 4.90 Å². The third kappa shape index (κ3) is 2.95. The van der Waals surface area contributed by atoms with Crippen molar-refractivity contribution < 1.29 is 8.42 Å². The topological polar surface area (TPSA) is 71.1 Å². The first-order valence-corrected chi connectivity index (χ1v) is 8.72. The Balaban J connectivity index is 1.91. The summed E-state index contributed by atoms with van der Waals surface area (Å²) in [5.41, 5.74) is 2.90. The summed E-state index contributed by atoms with van der Waals surface area (Å²) in [5, 5.41) is 3.20. The highest BCUT2D eigenvalue weighted by Gasteiger charge is 2.19. The summed E-state index contributed by atoms with van der Waals surface area (Å²) >= 11 is 3.34. The summed E-state index contributed by atoms with van der Waals surface area (Å²) in [7, 11) is -3.62. The van der Waals surface area contributed by atoms with Gasteiger partial charge in [0.05, 0.1) is 10.6 Å². The number of rotatable bonds is 3. The van der Waals surface area contributed by atoms with Crippen molar-refractivity contribution in [1.82, 2.24) is 10.3 Å². The molecule has 0 radical (unpaired) electrons. The lowest BCUT2D eigenvalue weighted by molar-refractivity contribution is 0.601. The fraction of sp³-hybridized carbons (Fsp3) is 0.214. The van der Waals surface area contributed by atoms with Crippen LogP contribution in [-0.2, 0) is 23.1 Å². The molecule has 110 valence electrons. The predicted octanol–water partition coefficient (Wildman–Crippen LogP) is 2.56. The number of aromatic nitrogens is 1. The van der Waals surface area contributed by atoms with Crippen LogP contribution in [0.4, 0.5) is 5.82 Å². The van der Waals surface area contributed by atoms with Gasteiger partial charge in [0.2, 0.25) is 0 Å². The number of halogens is 1. The van der Waals surface area contributed by atoms with Crippen molar-refractivity contribution in [2.24, 2.45) is 0 Å². The number of hydrogen-bond acceptors (Lipinski definition) is 4. The summed E-state index contributed by atoms with van der Waals surface area (Å²) in [5.74, 6) is 0.314. The number of hydrogen-bond donors (Lipinski definition) is 2. The smallest absolute Gasteiger partial charge is 0.263 e. The Hall–Kier alpha value is -1.44. The maximum atomic E-state index is 12.4. The van der Waals surface area contributed by atoms with Crippen molar-refractivity contribution in [3.63, 3.8) is 0 Å². The summed E-state index contributed by atoms with van der Waals surface area (Å²) in [4.78, 5) is 4.46. The number of benzene rings is 1. The lowest BCUT2D eigenvalue weighted by Crippen LogP contribution is -2.14. The SMILES string of the molecule is Cc1nc(NS(=O)(=O)c2ccc3c(c2)CNC3)ccc1Br. The number of nitrogens with zero attached hydrogens (tertiary/aromatic N) is 1. The van der Waals surface area contributed by atoms with Crippen LogP contribution in [0.5, 0.6) is 0 Å². The van der Waals surface area contributed by atoms with E-state index < -0.39 is 10.0 Å². The third-order valence-electron chi connectivity index (χ3n) is 3.38. The maximum absolute atomic E-state index is 12.4. The number of anilines is 1. The summed E-state index contributed by atoms with van der Waals surface area (Å²) < 4.78 is 28.2. The number of nitrogens with one attached hydrogen (secondary N) is 2. The molecule has 2 aromatic rings. The van der Waals surface area contributed by atoms with Crippen LogP contribution in [0.15, 0.2) is 39.7 Å². The van der Waals surface area contributed by atoms with Crippen LogP contribution in [0.3, 0.4) is 0 Å². The monoisotopic (exact) mass is 367 g/mol. The molecular weight excluding hydrogens is 354 g/mol. The quantitative estimate of drug-likeness (QED) is 0.874. The van der Waals surface area contributed by atoms with Gasteiger partial charge in [0.15, 0.2) is 0 Å². The lowest BCUT2D eigenvalue weighted by atomic mass is 10.1. The van der Waals surface area contributed by atoms with Crippen molar-refractivity contribution in [3.05, 3.63) is 51.6 Å². The molecule has 21 heavy (non-hydrogen) atoms. The van der Waals surface area contributed by atoms with Crippen molar-refractivity contribution in [2.75, 3.05) is 4.72 Å². The maximum Gasteiger partial charge on any atom is 0.263 e. The van der Waals surface area contributed by atoms with E-state index in [0.29, 0.717) is 12.4 Å². The number of fused-ring (bicyclic) bond motifs is 1. The molecule has 0 bridgehead atoms. The second-order valence-electron chi connectivity index (χ2n) is 4.90. The average Bonchev–Trinajstić information content (AvgIpc) is 2.90. The predicted molar refractivity (Wildman–Crippen MR) is 84.5 cm³/mol. The fourth-order valence-corrected chi connectivity index (χ4v) is 3.51. The van der Waals surface area contributed by atoms with E-state index in [1.807, 2.05) is 13.0 Å². The van der Waals surface area contributed by atoms with Crippen LogP contribution in [0.25, 0.3) is 0 Å². The molecule has 1 aromatic carbocycles. The van der Waals surface area contributed by atoms with Gasteiger partial charge in [0.25, 0.3) is 10.0 Å². The van der Waals surface area contributed by atoms with E-state index in [9.17, 15) is 8.42 Å².